The second-order valence-electron chi connectivity index (χ2n) is 4.67. The van der Waals surface area contributed by atoms with Gasteiger partial charge in [0.2, 0.25) is 0 Å². The van der Waals surface area contributed by atoms with Gasteiger partial charge in [0.05, 0.1) is 0 Å². The van der Waals surface area contributed by atoms with Crippen LogP contribution in [0.25, 0.3) is 0 Å². The van der Waals surface area contributed by atoms with Gasteiger partial charge in [-0.25, -0.2) is 0 Å². The molecule has 0 aromatic carbocycles. The smallest absolute Gasteiger partial charge is 0.0265 e. The maximum Gasteiger partial charge on any atom is 0.0265 e. The maximum atomic E-state index is 2.64. The minimum absolute atomic E-state index is 0.899. The molecule has 0 radical (unpaired) electrons. The van der Waals surface area contributed by atoms with Gasteiger partial charge in [-0.05, 0) is 43.1 Å². The fourth-order valence-electron chi connectivity index (χ4n) is 2.94. The van der Waals surface area contributed by atoms with E-state index in [2.05, 4.69) is 29.6 Å². The number of thioether (sulfide) groups is 2. The van der Waals surface area contributed by atoms with Crippen LogP contribution < -0.4 is 0 Å². The van der Waals surface area contributed by atoms with Gasteiger partial charge in [0.15, 0.2) is 0 Å². The first-order valence-corrected chi connectivity index (χ1v) is 7.98. The van der Waals surface area contributed by atoms with Crippen LogP contribution in [0, 0.1) is 5.92 Å². The highest BCUT2D eigenvalue weighted by Gasteiger charge is 2.34. The van der Waals surface area contributed by atoms with E-state index in [9.17, 15) is 0 Å². The summed E-state index contributed by atoms with van der Waals surface area (Å²) in [5.74, 6) is 3.77. The van der Waals surface area contributed by atoms with E-state index in [4.69, 9.17) is 0 Å². The zero-order valence-corrected chi connectivity index (χ0v) is 10.2. The van der Waals surface area contributed by atoms with E-state index in [0.717, 1.165) is 16.4 Å². The molecule has 3 atom stereocenters. The molecule has 3 heterocycles. The minimum atomic E-state index is 0.899. The lowest BCUT2D eigenvalue weighted by atomic mass is 9.92. The van der Waals surface area contributed by atoms with Crippen molar-refractivity contribution < 1.29 is 0 Å². The van der Waals surface area contributed by atoms with Gasteiger partial charge in [-0.15, -0.1) is 11.8 Å². The molecule has 0 spiro atoms. The quantitative estimate of drug-likeness (QED) is 0.625. The molecule has 3 aliphatic heterocycles. The number of hydrogen-bond acceptors (Lipinski definition) is 2. The van der Waals surface area contributed by atoms with Crippen LogP contribution in [-0.4, -0.2) is 22.0 Å². The van der Waals surface area contributed by atoms with Gasteiger partial charge in [0, 0.05) is 10.5 Å². The third-order valence-electron chi connectivity index (χ3n) is 3.68. The van der Waals surface area contributed by atoms with Gasteiger partial charge in [-0.3, -0.25) is 0 Å². The van der Waals surface area contributed by atoms with Crippen molar-refractivity contribution in [1.82, 2.24) is 0 Å². The molecule has 0 aliphatic carbocycles. The van der Waals surface area contributed by atoms with Crippen LogP contribution in [0.2, 0.25) is 0 Å². The summed E-state index contributed by atoms with van der Waals surface area (Å²) in [6.07, 6.45) is 9.96. The Balaban J connectivity index is 1.74. The maximum absolute atomic E-state index is 2.64. The highest BCUT2D eigenvalue weighted by molar-refractivity contribution is 8.01. The third kappa shape index (κ3) is 1.76. The lowest BCUT2D eigenvalue weighted by molar-refractivity contribution is 0.572. The van der Waals surface area contributed by atoms with E-state index < -0.39 is 0 Å². The monoisotopic (exact) mass is 226 g/mol. The third-order valence-corrected chi connectivity index (χ3v) is 6.45. The van der Waals surface area contributed by atoms with E-state index in [-0.39, 0.29) is 0 Å². The van der Waals surface area contributed by atoms with E-state index in [1.807, 2.05) is 5.57 Å². The summed E-state index contributed by atoms with van der Waals surface area (Å²) in [5.41, 5.74) is 1.85. The van der Waals surface area contributed by atoms with Crippen LogP contribution in [0.15, 0.2) is 11.6 Å². The van der Waals surface area contributed by atoms with Crippen LogP contribution in [-0.2, 0) is 0 Å². The molecule has 0 nitrogen and oxygen atoms in total. The summed E-state index contributed by atoms with van der Waals surface area (Å²) < 4.78 is 0. The van der Waals surface area contributed by atoms with Crippen molar-refractivity contribution in [1.29, 1.82) is 0 Å². The Morgan fingerprint density at radius 1 is 1.14 bits per heavy atom. The largest absolute Gasteiger partial charge is 0.161 e. The van der Waals surface area contributed by atoms with E-state index in [0.29, 0.717) is 0 Å². The highest BCUT2D eigenvalue weighted by atomic mass is 32.2. The second kappa shape index (κ2) is 4.13. The van der Waals surface area contributed by atoms with Crippen molar-refractivity contribution in [3.05, 3.63) is 11.6 Å². The van der Waals surface area contributed by atoms with Crippen molar-refractivity contribution in [2.45, 2.75) is 42.6 Å². The van der Waals surface area contributed by atoms with Crippen molar-refractivity contribution in [3.8, 4) is 0 Å². The zero-order chi connectivity index (χ0) is 9.38. The Hall–Kier alpha value is 0.440. The van der Waals surface area contributed by atoms with Gasteiger partial charge < -0.3 is 0 Å². The molecule has 2 fully saturated rings. The Morgan fingerprint density at radius 2 is 2.14 bits per heavy atom. The van der Waals surface area contributed by atoms with Gasteiger partial charge in [0.25, 0.3) is 0 Å². The van der Waals surface area contributed by atoms with Gasteiger partial charge in [-0.2, -0.15) is 11.8 Å². The van der Waals surface area contributed by atoms with Crippen molar-refractivity contribution in [3.63, 3.8) is 0 Å². The molecule has 0 N–H and O–H groups in total. The molecule has 0 aromatic rings. The van der Waals surface area contributed by atoms with Gasteiger partial charge >= 0.3 is 0 Å². The Kier molecular flexibility index (Phi) is 2.85. The molecule has 0 saturated carbocycles. The highest BCUT2D eigenvalue weighted by Crippen LogP contribution is 2.47. The fraction of sp³-hybridized carbons (Fsp3) is 0.833. The lowest BCUT2D eigenvalue weighted by Gasteiger charge is -2.27. The van der Waals surface area contributed by atoms with Gasteiger partial charge in [-0.1, -0.05) is 18.1 Å². The van der Waals surface area contributed by atoms with E-state index in [1.54, 1.807) is 0 Å². The molecule has 3 unspecified atom stereocenters. The molecule has 2 heteroatoms. The van der Waals surface area contributed by atoms with Crippen molar-refractivity contribution >= 4 is 23.5 Å². The average Bonchev–Trinajstić information content (AvgIpc) is 2.55. The van der Waals surface area contributed by atoms with Gasteiger partial charge in [0.1, 0.15) is 0 Å². The normalized spacial score (nSPS) is 42.3. The zero-order valence-electron chi connectivity index (χ0n) is 8.58. The first-order valence-electron chi connectivity index (χ1n) is 5.88. The minimum Gasteiger partial charge on any atom is -0.161 e. The molecule has 78 valence electrons. The SMILES string of the molecule is C1=C(C2CCCSC2)C2CCCC1S2. The number of hydrogen-bond donors (Lipinski definition) is 0. The van der Waals surface area contributed by atoms with E-state index in [1.165, 1.54) is 43.6 Å². The van der Waals surface area contributed by atoms with Crippen LogP contribution in [0.3, 0.4) is 0 Å². The summed E-state index contributed by atoms with van der Waals surface area (Å²) in [6, 6.07) is 0. The van der Waals surface area contributed by atoms with Crippen LogP contribution in [0.1, 0.15) is 32.1 Å². The van der Waals surface area contributed by atoms with Crippen molar-refractivity contribution in [2.75, 3.05) is 11.5 Å². The first-order chi connectivity index (χ1) is 6.93. The Morgan fingerprint density at radius 3 is 2.93 bits per heavy atom. The predicted octanol–water partition coefficient (Wildman–Crippen LogP) is 3.72. The second-order valence-corrected chi connectivity index (χ2v) is 7.27. The topological polar surface area (TPSA) is 0 Å². The molecule has 0 amide bonds. The Labute approximate surface area is 95.3 Å². The average molecular weight is 226 g/mol. The molecule has 2 saturated heterocycles. The number of rotatable bonds is 1. The molecule has 14 heavy (non-hydrogen) atoms. The standard InChI is InChI=1S/C12H18S2/c1-4-10-7-11(12(5-1)14-10)9-3-2-6-13-8-9/h7,9-10,12H,1-6,8H2. The lowest BCUT2D eigenvalue weighted by Crippen LogP contribution is -2.19. The van der Waals surface area contributed by atoms with Crippen LogP contribution in [0.4, 0.5) is 0 Å². The summed E-state index contributed by atoms with van der Waals surface area (Å²) in [5, 5.41) is 1.83. The number of fused-ring (bicyclic) bond motifs is 2. The van der Waals surface area contributed by atoms with Crippen LogP contribution >= 0.6 is 23.5 Å². The van der Waals surface area contributed by atoms with E-state index >= 15 is 0 Å². The fourth-order valence-corrected chi connectivity index (χ4v) is 5.82. The molecule has 2 bridgehead atoms. The summed E-state index contributed by atoms with van der Waals surface area (Å²) in [4.78, 5) is 0. The molecule has 3 rings (SSSR count). The molecular formula is C12H18S2. The summed E-state index contributed by atoms with van der Waals surface area (Å²) in [6.45, 7) is 0. The predicted molar refractivity (Wildman–Crippen MR) is 67.2 cm³/mol. The summed E-state index contributed by atoms with van der Waals surface area (Å²) in [7, 11) is 0. The Bertz CT molecular complexity index is 241. The molecule has 3 aliphatic rings. The molecule has 0 aromatic heterocycles. The first kappa shape index (κ1) is 9.65. The van der Waals surface area contributed by atoms with Crippen molar-refractivity contribution in [2.24, 2.45) is 5.92 Å². The van der Waals surface area contributed by atoms with Crippen LogP contribution in [0.5, 0.6) is 0 Å². The molecular weight excluding hydrogens is 208 g/mol. The summed E-state index contributed by atoms with van der Waals surface area (Å²) >= 11 is 4.43.